The van der Waals surface area contributed by atoms with E-state index < -0.39 is 70.8 Å². The number of carbonyl (C=O) groups excluding carboxylic acids is 3. The number of aliphatic hydroxyl groups excluding tert-OH is 1. The number of nitrogens with one attached hydrogen (secondary N) is 1. The Balaban J connectivity index is 1.69. The van der Waals surface area contributed by atoms with Gasteiger partial charge in [-0.1, -0.05) is 45.9 Å². The zero-order valence-electron chi connectivity index (χ0n) is 35.0. The molecule has 2 aromatic rings. The number of amides is 1. The molecule has 0 spiro atoms. The third kappa shape index (κ3) is 8.81. The fraction of sp³-hybridized carbons (Fsp3) is 0.535. The van der Waals surface area contributed by atoms with Crippen LogP contribution in [-0.4, -0.2) is 119 Å². The van der Waals surface area contributed by atoms with Gasteiger partial charge in [-0.25, -0.2) is 0 Å². The van der Waals surface area contributed by atoms with Crippen molar-refractivity contribution in [2.24, 2.45) is 28.8 Å². The van der Waals surface area contributed by atoms with Gasteiger partial charge in [-0.2, -0.15) is 5.10 Å². The Kier molecular flexibility index (Phi) is 13.5. The third-order valence-electron chi connectivity index (χ3n) is 11.6. The van der Waals surface area contributed by atoms with Crippen molar-refractivity contribution in [1.82, 2.24) is 9.91 Å². The number of anilines is 1. The van der Waals surface area contributed by atoms with Crippen LogP contribution in [0.2, 0.25) is 0 Å². The van der Waals surface area contributed by atoms with E-state index in [-0.39, 0.29) is 56.3 Å². The molecule has 0 unspecified atom stereocenters. The van der Waals surface area contributed by atoms with Gasteiger partial charge in [0.05, 0.1) is 46.9 Å². The molecule has 0 aromatic heterocycles. The quantitative estimate of drug-likeness (QED) is 0.115. The van der Waals surface area contributed by atoms with Crippen molar-refractivity contribution in [3.63, 3.8) is 0 Å². The maximum absolute atomic E-state index is 14.4. The molecule has 0 aliphatic carbocycles. The Morgan fingerprint density at radius 1 is 1.00 bits per heavy atom. The smallest absolute Gasteiger partial charge is 0.312 e. The minimum atomic E-state index is -2.01. The van der Waals surface area contributed by atoms with Gasteiger partial charge in [-0.05, 0) is 45.2 Å². The number of Topliss-reactive ketones (excluding diaryl/α,β-unsaturated/α-hetero) is 1. The van der Waals surface area contributed by atoms with E-state index in [9.17, 15) is 34.8 Å². The number of phenolic OH excluding ortho intramolecular Hbond substituents is 3. The number of hydrazone groups is 1. The number of allylic oxidation sites excluding steroid dienone is 3. The largest absolute Gasteiger partial charge is 0.507 e. The molecule has 4 aliphatic heterocycles. The van der Waals surface area contributed by atoms with Crippen molar-refractivity contribution in [2.75, 3.05) is 45.7 Å². The minimum Gasteiger partial charge on any atom is -0.507 e. The van der Waals surface area contributed by atoms with Gasteiger partial charge < -0.3 is 49.6 Å². The van der Waals surface area contributed by atoms with Crippen LogP contribution in [0.1, 0.15) is 76.4 Å². The highest BCUT2D eigenvalue weighted by Gasteiger charge is 2.50. The summed E-state index contributed by atoms with van der Waals surface area (Å²) in [5, 5.41) is 55.6. The molecular weight excluding hydrogens is 748 g/mol. The Labute approximate surface area is 339 Å². The Bertz CT molecular complexity index is 2040. The predicted octanol–water partition coefficient (Wildman–Crippen LogP) is 5.36. The van der Waals surface area contributed by atoms with Gasteiger partial charge >= 0.3 is 11.8 Å². The second kappa shape index (κ2) is 17.8. The van der Waals surface area contributed by atoms with E-state index in [2.05, 4.69) is 15.3 Å². The first-order chi connectivity index (χ1) is 27.3. The van der Waals surface area contributed by atoms with Crippen molar-refractivity contribution in [1.29, 1.82) is 0 Å². The highest BCUT2D eigenvalue weighted by atomic mass is 16.7. The van der Waals surface area contributed by atoms with Crippen LogP contribution in [0.25, 0.3) is 10.8 Å². The number of ether oxygens (including phenoxy) is 4. The number of esters is 1. The lowest BCUT2D eigenvalue weighted by Crippen LogP contribution is -2.44. The molecule has 1 fully saturated rings. The fourth-order valence-electron chi connectivity index (χ4n) is 7.99. The van der Waals surface area contributed by atoms with Crippen LogP contribution >= 0.6 is 0 Å². The summed E-state index contributed by atoms with van der Waals surface area (Å²) in [6.07, 6.45) is 7.55. The van der Waals surface area contributed by atoms with Gasteiger partial charge in [0.15, 0.2) is 5.75 Å². The first-order valence-corrected chi connectivity index (χ1v) is 19.7. The van der Waals surface area contributed by atoms with Gasteiger partial charge in [0.1, 0.15) is 23.4 Å². The lowest BCUT2D eigenvalue weighted by atomic mass is 9.79. The van der Waals surface area contributed by atoms with E-state index in [1.165, 1.54) is 40.4 Å². The Morgan fingerprint density at radius 3 is 2.31 bits per heavy atom. The molecule has 8 atom stereocenters. The van der Waals surface area contributed by atoms with Crippen molar-refractivity contribution in [2.45, 2.75) is 85.9 Å². The predicted molar refractivity (Wildman–Crippen MR) is 219 cm³/mol. The van der Waals surface area contributed by atoms with Crippen LogP contribution in [0.4, 0.5) is 5.69 Å². The summed E-state index contributed by atoms with van der Waals surface area (Å²) in [7, 11) is 3.47. The van der Waals surface area contributed by atoms with Crippen LogP contribution in [0.5, 0.6) is 23.0 Å². The minimum absolute atomic E-state index is 0.0243. The van der Waals surface area contributed by atoms with Gasteiger partial charge in [-0.3, -0.25) is 19.4 Å². The van der Waals surface area contributed by atoms with Crippen LogP contribution in [-0.2, 0) is 23.8 Å². The maximum Gasteiger partial charge on any atom is 0.312 e. The maximum atomic E-state index is 14.4. The molecule has 0 saturated carbocycles. The molecule has 58 heavy (non-hydrogen) atoms. The first kappa shape index (κ1) is 44.0. The number of benzene rings is 2. The number of hydrogen-bond acceptors (Lipinski definition) is 14. The van der Waals surface area contributed by atoms with E-state index >= 15 is 0 Å². The van der Waals surface area contributed by atoms with Crippen molar-refractivity contribution < 1.29 is 53.8 Å². The summed E-state index contributed by atoms with van der Waals surface area (Å²) in [6, 6.07) is 0. The van der Waals surface area contributed by atoms with Gasteiger partial charge in [0, 0.05) is 75.5 Å². The van der Waals surface area contributed by atoms with E-state index in [1.807, 2.05) is 40.8 Å². The highest BCUT2D eigenvalue weighted by Crippen LogP contribution is 2.55. The number of hydrogen-bond donors (Lipinski definition) is 5. The molecule has 1 saturated heterocycles. The fourth-order valence-corrected chi connectivity index (χ4v) is 7.99. The first-order valence-electron chi connectivity index (χ1n) is 19.7. The second-order valence-electron chi connectivity index (χ2n) is 16.1. The van der Waals surface area contributed by atoms with E-state index in [0.717, 1.165) is 13.1 Å². The van der Waals surface area contributed by atoms with E-state index in [0.29, 0.717) is 19.5 Å². The monoisotopic (exact) mass is 806 g/mol. The molecule has 0 radical (unpaired) electrons. The summed E-state index contributed by atoms with van der Waals surface area (Å²) in [6.45, 7) is 15.9. The van der Waals surface area contributed by atoms with Crippen molar-refractivity contribution in [3.8, 4) is 23.0 Å². The van der Waals surface area contributed by atoms with Crippen molar-refractivity contribution >= 4 is 40.3 Å². The molecule has 1 amide bonds. The number of rotatable bonds is 4. The lowest BCUT2D eigenvalue weighted by Gasteiger charge is -2.36. The number of fused-ring (bicyclic) bond motifs is 14. The van der Waals surface area contributed by atoms with Gasteiger partial charge in [0.25, 0.3) is 11.7 Å². The molecule has 6 rings (SSSR count). The molecule has 4 heterocycles. The molecule has 15 nitrogen and oxygen atoms in total. The SMILES string of the molecule is CO[C@@H]1/C=C/O[C@@]2(C)Oc3c(C)c(O)c4c(O)c(c(/C=N/N5CCN(C)CC5)c(O)c4c3C2=O)NC(=O)/C(C)=C\C=C\[C@H](C)C[C@@H](C)[C@@H](O)[C@@H](C)[C@H](OC(C)=O)[C@@H]1C. The summed E-state index contributed by atoms with van der Waals surface area (Å²) in [5.41, 5.74) is -0.149. The summed E-state index contributed by atoms with van der Waals surface area (Å²) >= 11 is 0. The van der Waals surface area contributed by atoms with Crippen LogP contribution in [0.15, 0.2) is 41.2 Å². The van der Waals surface area contributed by atoms with Crippen molar-refractivity contribution in [3.05, 3.63) is 52.8 Å². The normalized spacial score (nSPS) is 31.1. The number of methoxy groups -OCH3 is 1. The summed E-state index contributed by atoms with van der Waals surface area (Å²) in [4.78, 5) is 42.6. The molecule has 5 N–H and O–H groups in total. The van der Waals surface area contributed by atoms with Gasteiger partial charge in [0.2, 0.25) is 0 Å². The Morgan fingerprint density at radius 2 is 1.67 bits per heavy atom. The standard InChI is InChI=1S/C43H58N4O11/c1-22-12-11-13-23(2)42(54)45-34-29(21-44-47-17-15-46(9)16-18-47)37(51)31-32(38(34)52)36(50)27(6)40-33(31)41(53)43(8,58-40)56-19-14-30(55-10)25(4)39(57-28(7)48)26(5)35(49)24(3)20-22/h11-14,19,21-22,24-26,30,35,39,49-52H,15-18,20H2,1-10H3,(H,45,54)/b12-11+,19-14+,23-13-,44-21+/t22-,24+,25+,26+,30+,35+,39+,43-/m0/s1. The molecule has 5 bridgehead atoms. The number of aliphatic hydroxyl groups is 1. The zero-order valence-corrected chi connectivity index (χ0v) is 35.0. The molecule has 4 aliphatic rings. The zero-order chi connectivity index (χ0) is 42.8. The third-order valence-corrected chi connectivity index (χ3v) is 11.6. The second-order valence-corrected chi connectivity index (χ2v) is 16.1. The number of ketones is 1. The summed E-state index contributed by atoms with van der Waals surface area (Å²) in [5.74, 6) is -6.83. The van der Waals surface area contributed by atoms with Gasteiger partial charge in [-0.15, -0.1) is 0 Å². The van der Waals surface area contributed by atoms with E-state index in [1.54, 1.807) is 30.2 Å². The number of nitrogens with zero attached hydrogens (tertiary/aromatic N) is 3. The molecule has 2 aromatic carbocycles. The number of carbonyl (C=O) groups is 3. The van der Waals surface area contributed by atoms with Crippen LogP contribution in [0, 0.1) is 30.6 Å². The van der Waals surface area contributed by atoms with Crippen LogP contribution in [0.3, 0.4) is 0 Å². The number of piperazine rings is 1. The molecular formula is C43H58N4O11. The number of likely N-dealkylation sites (N-methyl/N-ethyl adjacent to an activating group) is 1. The Hall–Kier alpha value is -5.12. The average molecular weight is 807 g/mol. The van der Waals surface area contributed by atoms with Crippen LogP contribution < -0.4 is 10.1 Å². The number of aromatic hydroxyl groups is 3. The highest BCUT2D eigenvalue weighted by molar-refractivity contribution is 6.23. The lowest BCUT2D eigenvalue weighted by molar-refractivity contribution is -0.159. The molecule has 15 heteroatoms. The summed E-state index contributed by atoms with van der Waals surface area (Å²) < 4.78 is 23.7. The van der Waals surface area contributed by atoms with E-state index in [4.69, 9.17) is 18.9 Å². The topological polar surface area (TPSA) is 200 Å². The molecule has 316 valence electrons. The number of phenols is 3. The average Bonchev–Trinajstić information content (AvgIpc) is 3.44.